The lowest BCUT2D eigenvalue weighted by molar-refractivity contribution is 0.258. The largest absolute Gasteiger partial charge is 0.491 e. The monoisotopic (exact) mass is 280 g/mol. The normalized spacial score (nSPS) is 12.4. The van der Waals surface area contributed by atoms with Crippen LogP contribution in [0.5, 0.6) is 5.75 Å². The van der Waals surface area contributed by atoms with Crippen LogP contribution in [0.2, 0.25) is 5.02 Å². The van der Waals surface area contributed by atoms with Gasteiger partial charge in [-0.15, -0.1) is 0 Å². The molecular formula is C13H17ClN4O. The number of halogens is 1. The van der Waals surface area contributed by atoms with Gasteiger partial charge in [-0.3, -0.25) is 5.84 Å². The van der Waals surface area contributed by atoms with E-state index in [1.165, 1.54) is 0 Å². The van der Waals surface area contributed by atoms with Crippen LogP contribution in [0.4, 0.5) is 0 Å². The van der Waals surface area contributed by atoms with Gasteiger partial charge < -0.3 is 9.30 Å². The van der Waals surface area contributed by atoms with Crippen molar-refractivity contribution in [3.05, 3.63) is 47.5 Å². The second kappa shape index (κ2) is 6.56. The first-order valence-electron chi connectivity index (χ1n) is 6.10. The Morgan fingerprint density at radius 2 is 2.16 bits per heavy atom. The number of hydrazine groups is 1. The number of aryl methyl sites for hydroxylation is 1. The molecule has 2 aromatic rings. The van der Waals surface area contributed by atoms with Crippen LogP contribution in [0, 0.1) is 0 Å². The van der Waals surface area contributed by atoms with Gasteiger partial charge in [-0.25, -0.2) is 10.4 Å². The molecule has 102 valence electrons. The first-order valence-corrected chi connectivity index (χ1v) is 6.48. The van der Waals surface area contributed by atoms with Gasteiger partial charge in [-0.05, 0) is 31.2 Å². The number of aromatic nitrogens is 2. The predicted molar refractivity (Wildman–Crippen MR) is 74.9 cm³/mol. The Labute approximate surface area is 117 Å². The Kier molecular flexibility index (Phi) is 4.79. The summed E-state index contributed by atoms with van der Waals surface area (Å²) in [6, 6.07) is 7.05. The SMILES string of the molecule is CCn1ccnc1C(COc1ccc(Cl)cc1)NN. The number of hydrogen-bond acceptors (Lipinski definition) is 4. The molecule has 1 aromatic heterocycles. The van der Waals surface area contributed by atoms with Gasteiger partial charge in [0.05, 0.1) is 0 Å². The standard InChI is InChI=1S/C13H17ClN4O/c1-2-18-8-7-16-13(18)12(17-15)9-19-11-5-3-10(14)4-6-11/h3-8,12,17H,2,9,15H2,1H3. The van der Waals surface area contributed by atoms with E-state index in [0.29, 0.717) is 11.6 Å². The number of rotatable bonds is 6. The summed E-state index contributed by atoms with van der Waals surface area (Å²) in [7, 11) is 0. The Bertz CT molecular complexity index is 512. The molecule has 2 rings (SSSR count). The lowest BCUT2D eigenvalue weighted by atomic mass is 10.3. The number of hydrogen-bond donors (Lipinski definition) is 2. The fraction of sp³-hybridized carbons (Fsp3) is 0.308. The Morgan fingerprint density at radius 1 is 1.42 bits per heavy atom. The highest BCUT2D eigenvalue weighted by atomic mass is 35.5. The van der Waals surface area contributed by atoms with E-state index in [0.717, 1.165) is 18.1 Å². The molecule has 0 aliphatic heterocycles. The maximum Gasteiger partial charge on any atom is 0.130 e. The van der Waals surface area contributed by atoms with Crippen molar-refractivity contribution in [1.29, 1.82) is 0 Å². The van der Waals surface area contributed by atoms with Gasteiger partial charge in [0.2, 0.25) is 0 Å². The topological polar surface area (TPSA) is 65.1 Å². The predicted octanol–water partition coefficient (Wildman–Crippen LogP) is 2.14. The van der Waals surface area contributed by atoms with Crippen LogP contribution < -0.4 is 16.0 Å². The quantitative estimate of drug-likeness (QED) is 0.628. The van der Waals surface area contributed by atoms with E-state index in [1.807, 2.05) is 22.9 Å². The van der Waals surface area contributed by atoms with Crippen molar-refractivity contribution in [1.82, 2.24) is 15.0 Å². The number of nitrogens with zero attached hydrogens (tertiary/aromatic N) is 2. The van der Waals surface area contributed by atoms with Gasteiger partial charge in [-0.2, -0.15) is 0 Å². The average Bonchev–Trinajstić information content (AvgIpc) is 2.90. The molecule has 0 bridgehead atoms. The summed E-state index contributed by atoms with van der Waals surface area (Å²) in [5, 5.41) is 0.683. The smallest absolute Gasteiger partial charge is 0.130 e. The number of benzene rings is 1. The van der Waals surface area contributed by atoms with Gasteiger partial charge >= 0.3 is 0 Å². The summed E-state index contributed by atoms with van der Waals surface area (Å²) >= 11 is 5.82. The highest BCUT2D eigenvalue weighted by Gasteiger charge is 2.15. The van der Waals surface area contributed by atoms with Crippen molar-refractivity contribution in [3.63, 3.8) is 0 Å². The van der Waals surface area contributed by atoms with Crippen LogP contribution in [-0.4, -0.2) is 16.2 Å². The Morgan fingerprint density at radius 3 is 2.79 bits per heavy atom. The first-order chi connectivity index (χ1) is 9.24. The van der Waals surface area contributed by atoms with Gasteiger partial charge in [0, 0.05) is 24.0 Å². The number of nitrogens with one attached hydrogen (secondary N) is 1. The number of nitrogens with two attached hydrogens (primary N) is 1. The third kappa shape index (κ3) is 3.47. The zero-order valence-corrected chi connectivity index (χ0v) is 11.5. The van der Waals surface area contributed by atoms with Gasteiger partial charge in [0.25, 0.3) is 0 Å². The van der Waals surface area contributed by atoms with Crippen LogP contribution in [0.15, 0.2) is 36.7 Å². The summed E-state index contributed by atoms with van der Waals surface area (Å²) in [5.74, 6) is 7.18. The van der Waals surface area contributed by atoms with Crippen molar-refractivity contribution in [2.24, 2.45) is 5.84 Å². The van der Waals surface area contributed by atoms with Crippen molar-refractivity contribution in [2.75, 3.05) is 6.61 Å². The minimum Gasteiger partial charge on any atom is -0.491 e. The summed E-state index contributed by atoms with van der Waals surface area (Å²) in [6.45, 7) is 3.29. The molecule has 0 amide bonds. The zero-order chi connectivity index (χ0) is 13.7. The molecule has 1 unspecified atom stereocenters. The van der Waals surface area contributed by atoms with E-state index in [9.17, 15) is 0 Å². The molecule has 0 aliphatic carbocycles. The summed E-state index contributed by atoms with van der Waals surface area (Å²) in [4.78, 5) is 4.30. The molecule has 1 aromatic carbocycles. The maximum absolute atomic E-state index is 5.82. The van der Waals surface area contributed by atoms with Crippen LogP contribution in [0.1, 0.15) is 18.8 Å². The molecular weight excluding hydrogens is 264 g/mol. The Hall–Kier alpha value is -1.56. The van der Waals surface area contributed by atoms with E-state index in [4.69, 9.17) is 22.2 Å². The Balaban J connectivity index is 2.02. The lowest BCUT2D eigenvalue weighted by Gasteiger charge is -2.17. The summed E-state index contributed by atoms with van der Waals surface area (Å²) < 4.78 is 7.71. The molecule has 0 saturated carbocycles. The molecule has 0 saturated heterocycles. The van der Waals surface area contributed by atoms with E-state index in [-0.39, 0.29) is 6.04 Å². The molecule has 3 N–H and O–H groups in total. The van der Waals surface area contributed by atoms with Crippen molar-refractivity contribution in [3.8, 4) is 5.75 Å². The number of imidazole rings is 1. The molecule has 5 nitrogen and oxygen atoms in total. The maximum atomic E-state index is 5.82. The molecule has 1 atom stereocenters. The third-order valence-electron chi connectivity index (χ3n) is 2.83. The lowest BCUT2D eigenvalue weighted by Crippen LogP contribution is -2.34. The van der Waals surface area contributed by atoms with E-state index < -0.39 is 0 Å². The molecule has 0 fully saturated rings. The summed E-state index contributed by atoms with van der Waals surface area (Å²) in [6.07, 6.45) is 3.67. The molecule has 0 radical (unpaired) electrons. The minimum atomic E-state index is -0.161. The number of ether oxygens (including phenoxy) is 1. The minimum absolute atomic E-state index is 0.161. The second-order valence-electron chi connectivity index (χ2n) is 4.06. The third-order valence-corrected chi connectivity index (χ3v) is 3.08. The van der Waals surface area contributed by atoms with Crippen molar-refractivity contribution >= 4 is 11.6 Å². The second-order valence-corrected chi connectivity index (χ2v) is 4.49. The van der Waals surface area contributed by atoms with Crippen molar-refractivity contribution in [2.45, 2.75) is 19.5 Å². The molecule has 6 heteroatoms. The molecule has 0 spiro atoms. The first kappa shape index (κ1) is 13.9. The van der Waals surface area contributed by atoms with Crippen LogP contribution >= 0.6 is 11.6 Å². The molecule has 19 heavy (non-hydrogen) atoms. The van der Waals surface area contributed by atoms with Gasteiger partial charge in [0.1, 0.15) is 24.2 Å². The van der Waals surface area contributed by atoms with Crippen LogP contribution in [0.3, 0.4) is 0 Å². The van der Waals surface area contributed by atoms with Crippen LogP contribution in [-0.2, 0) is 6.54 Å². The van der Waals surface area contributed by atoms with Gasteiger partial charge in [0.15, 0.2) is 0 Å². The fourth-order valence-corrected chi connectivity index (χ4v) is 1.93. The average molecular weight is 281 g/mol. The van der Waals surface area contributed by atoms with E-state index >= 15 is 0 Å². The highest BCUT2D eigenvalue weighted by molar-refractivity contribution is 6.30. The highest BCUT2D eigenvalue weighted by Crippen LogP contribution is 2.18. The molecule has 1 heterocycles. The van der Waals surface area contributed by atoms with Crippen LogP contribution in [0.25, 0.3) is 0 Å². The fourth-order valence-electron chi connectivity index (χ4n) is 1.81. The summed E-state index contributed by atoms with van der Waals surface area (Å²) in [5.41, 5.74) is 2.73. The van der Waals surface area contributed by atoms with E-state index in [2.05, 4.69) is 17.3 Å². The zero-order valence-electron chi connectivity index (χ0n) is 10.7. The van der Waals surface area contributed by atoms with Crippen molar-refractivity contribution < 1.29 is 4.74 Å². The van der Waals surface area contributed by atoms with Gasteiger partial charge in [-0.1, -0.05) is 11.6 Å². The van der Waals surface area contributed by atoms with E-state index in [1.54, 1.807) is 18.3 Å². The molecule has 0 aliphatic rings.